The maximum atomic E-state index is 13.3. The van der Waals surface area contributed by atoms with Crippen LogP contribution >= 0.6 is 11.3 Å². The Kier molecular flexibility index (Phi) is 5.35. The number of imidazole rings is 1. The number of hydrogen-bond acceptors (Lipinski definition) is 6. The van der Waals surface area contributed by atoms with Crippen LogP contribution in [0, 0.1) is 12.7 Å². The van der Waals surface area contributed by atoms with Gasteiger partial charge in [0.2, 0.25) is 0 Å². The first-order valence-electron chi connectivity index (χ1n) is 9.41. The second-order valence-corrected chi connectivity index (χ2v) is 8.34. The molecule has 1 aromatic carbocycles. The van der Waals surface area contributed by atoms with Crippen LogP contribution in [0.3, 0.4) is 0 Å². The van der Waals surface area contributed by atoms with Gasteiger partial charge in [0, 0.05) is 13.0 Å². The summed E-state index contributed by atoms with van der Waals surface area (Å²) in [7, 11) is 3.78. The lowest BCUT2D eigenvalue weighted by Gasteiger charge is -2.07. The summed E-state index contributed by atoms with van der Waals surface area (Å²) in [6, 6.07) is 4.36. The van der Waals surface area contributed by atoms with Gasteiger partial charge in [0.1, 0.15) is 22.3 Å². The van der Waals surface area contributed by atoms with E-state index < -0.39 is 0 Å². The Morgan fingerprint density at radius 1 is 1.23 bits per heavy atom. The van der Waals surface area contributed by atoms with Crippen molar-refractivity contribution in [2.75, 3.05) is 20.6 Å². The maximum absolute atomic E-state index is 13.3. The highest BCUT2D eigenvalue weighted by Crippen LogP contribution is 2.27. The summed E-state index contributed by atoms with van der Waals surface area (Å²) in [4.78, 5) is 42.8. The van der Waals surface area contributed by atoms with Crippen molar-refractivity contribution in [1.29, 1.82) is 0 Å². The molecule has 0 aliphatic carbocycles. The minimum atomic E-state index is -0.330. The number of hydrogen-bond donors (Lipinski definition) is 3. The number of carbonyl (C=O) groups is 1. The molecule has 10 heteroatoms. The number of thiophene rings is 1. The number of aromatic nitrogens is 4. The summed E-state index contributed by atoms with van der Waals surface area (Å²) in [5.41, 5.74) is 1.68. The van der Waals surface area contributed by atoms with Crippen LogP contribution in [0.1, 0.15) is 26.9 Å². The van der Waals surface area contributed by atoms with Gasteiger partial charge in [-0.2, -0.15) is 0 Å². The Labute approximate surface area is 175 Å². The van der Waals surface area contributed by atoms with Gasteiger partial charge in [0.15, 0.2) is 0 Å². The lowest BCUT2D eigenvalue weighted by Crippen LogP contribution is -2.25. The molecule has 0 aliphatic rings. The smallest absolute Gasteiger partial charge is 0.261 e. The number of rotatable bonds is 6. The van der Waals surface area contributed by atoms with Crippen molar-refractivity contribution < 1.29 is 9.18 Å². The lowest BCUT2D eigenvalue weighted by atomic mass is 10.2. The fourth-order valence-electron chi connectivity index (χ4n) is 3.31. The molecular weight excluding hydrogens is 407 g/mol. The van der Waals surface area contributed by atoms with Crippen molar-refractivity contribution in [3.8, 4) is 0 Å². The van der Waals surface area contributed by atoms with Crippen molar-refractivity contribution in [2.24, 2.45) is 0 Å². The van der Waals surface area contributed by atoms with Crippen LogP contribution in [0.4, 0.5) is 4.39 Å². The van der Waals surface area contributed by atoms with Gasteiger partial charge in [-0.25, -0.2) is 14.4 Å². The van der Waals surface area contributed by atoms with Crippen LogP contribution in [0.2, 0.25) is 0 Å². The molecule has 0 radical (unpaired) electrons. The van der Waals surface area contributed by atoms with Gasteiger partial charge in [-0.1, -0.05) is 0 Å². The maximum Gasteiger partial charge on any atom is 0.261 e. The summed E-state index contributed by atoms with van der Waals surface area (Å²) in [5, 5.41) is 3.31. The van der Waals surface area contributed by atoms with Crippen molar-refractivity contribution in [1.82, 2.24) is 30.2 Å². The number of halogens is 1. The highest BCUT2D eigenvalue weighted by Gasteiger charge is 2.19. The Balaban J connectivity index is 1.49. The molecular formula is C20H21FN6O2S. The summed E-state index contributed by atoms with van der Waals surface area (Å²) in [6.07, 6.45) is 0.470. The number of aryl methyl sites for hydroxylation is 1. The number of amides is 1. The predicted octanol–water partition coefficient (Wildman–Crippen LogP) is 2.34. The third-order valence-corrected chi connectivity index (χ3v) is 5.85. The fourth-order valence-corrected chi connectivity index (χ4v) is 4.42. The van der Waals surface area contributed by atoms with Crippen LogP contribution in [0.15, 0.2) is 23.0 Å². The molecule has 0 saturated heterocycles. The van der Waals surface area contributed by atoms with Gasteiger partial charge in [-0.3, -0.25) is 9.59 Å². The lowest BCUT2D eigenvalue weighted by molar-refractivity contribution is 0.0957. The minimum absolute atomic E-state index is 0.237. The van der Waals surface area contributed by atoms with E-state index >= 15 is 0 Å². The van der Waals surface area contributed by atoms with Gasteiger partial charge in [-0.05, 0) is 44.8 Å². The van der Waals surface area contributed by atoms with Gasteiger partial charge >= 0.3 is 0 Å². The fraction of sp³-hybridized carbons (Fsp3) is 0.300. The molecule has 0 bridgehead atoms. The van der Waals surface area contributed by atoms with E-state index in [1.165, 1.54) is 23.5 Å². The zero-order chi connectivity index (χ0) is 21.4. The molecule has 156 valence electrons. The number of aromatic amines is 2. The molecule has 0 aliphatic heterocycles. The zero-order valence-corrected chi connectivity index (χ0v) is 17.6. The molecule has 0 spiro atoms. The summed E-state index contributed by atoms with van der Waals surface area (Å²) < 4.78 is 13.3. The Morgan fingerprint density at radius 2 is 2.03 bits per heavy atom. The van der Waals surface area contributed by atoms with Crippen molar-refractivity contribution in [3.63, 3.8) is 0 Å². The van der Waals surface area contributed by atoms with E-state index in [4.69, 9.17) is 0 Å². The summed E-state index contributed by atoms with van der Waals surface area (Å²) in [5.74, 6) is 0.636. The molecule has 8 nitrogen and oxygen atoms in total. The SMILES string of the molecule is Cc1c(C(=O)NCCc2nc3ccc(F)cc3[nH]2)sc2nc(CN(C)C)[nH]c(=O)c12. The molecule has 30 heavy (non-hydrogen) atoms. The largest absolute Gasteiger partial charge is 0.351 e. The van der Waals surface area contributed by atoms with Crippen molar-refractivity contribution in [2.45, 2.75) is 19.9 Å². The normalized spacial score (nSPS) is 11.6. The standard InChI is InChI=1S/C20H21FN6O2S/c1-10-16-18(28)25-15(9-27(2)3)26-20(16)30-17(10)19(29)22-7-6-14-23-12-5-4-11(21)8-13(12)24-14/h4-5,8H,6-7,9H2,1-3H3,(H,22,29)(H,23,24)(H,25,26,28). The predicted molar refractivity (Wildman–Crippen MR) is 114 cm³/mol. The van der Waals surface area contributed by atoms with Crippen molar-refractivity contribution in [3.05, 3.63) is 56.5 Å². The molecule has 4 rings (SSSR count). The summed E-state index contributed by atoms with van der Waals surface area (Å²) in [6.45, 7) is 2.61. The molecule has 3 heterocycles. The van der Waals surface area contributed by atoms with E-state index in [1.807, 2.05) is 19.0 Å². The first-order chi connectivity index (χ1) is 14.3. The highest BCUT2D eigenvalue weighted by molar-refractivity contribution is 7.20. The molecule has 0 unspecified atom stereocenters. The Morgan fingerprint density at radius 3 is 2.80 bits per heavy atom. The third kappa shape index (κ3) is 3.96. The van der Waals surface area contributed by atoms with Gasteiger partial charge in [0.05, 0.1) is 27.8 Å². The van der Waals surface area contributed by atoms with E-state index in [2.05, 4.69) is 25.3 Å². The first-order valence-corrected chi connectivity index (χ1v) is 10.2. The van der Waals surface area contributed by atoms with E-state index in [-0.39, 0.29) is 17.3 Å². The van der Waals surface area contributed by atoms with E-state index in [0.29, 0.717) is 62.8 Å². The average molecular weight is 428 g/mol. The number of carbonyl (C=O) groups excluding carboxylic acids is 1. The molecule has 3 N–H and O–H groups in total. The quantitative estimate of drug-likeness (QED) is 0.437. The van der Waals surface area contributed by atoms with E-state index in [1.54, 1.807) is 13.0 Å². The minimum Gasteiger partial charge on any atom is -0.351 e. The van der Waals surface area contributed by atoms with Gasteiger partial charge in [-0.15, -0.1) is 11.3 Å². The van der Waals surface area contributed by atoms with Crippen LogP contribution in [-0.4, -0.2) is 51.4 Å². The Hall–Kier alpha value is -3.11. The number of benzene rings is 1. The molecule has 0 atom stereocenters. The number of fused-ring (bicyclic) bond motifs is 2. The molecule has 0 fully saturated rings. The molecule has 4 aromatic rings. The van der Waals surface area contributed by atoms with Gasteiger partial charge in [0.25, 0.3) is 11.5 Å². The number of nitrogens with one attached hydrogen (secondary N) is 3. The second kappa shape index (κ2) is 7.96. The molecule has 3 aromatic heterocycles. The van der Waals surface area contributed by atoms with Crippen molar-refractivity contribution >= 4 is 38.5 Å². The first kappa shape index (κ1) is 20.2. The highest BCUT2D eigenvalue weighted by atomic mass is 32.1. The van der Waals surface area contributed by atoms with Crippen LogP contribution in [-0.2, 0) is 13.0 Å². The third-order valence-electron chi connectivity index (χ3n) is 4.66. The van der Waals surface area contributed by atoms with Gasteiger partial charge < -0.3 is 20.2 Å². The average Bonchev–Trinajstić information content (AvgIpc) is 3.21. The van der Waals surface area contributed by atoms with E-state index in [0.717, 1.165) is 0 Å². The number of nitrogens with zero attached hydrogens (tertiary/aromatic N) is 3. The topological polar surface area (TPSA) is 107 Å². The monoisotopic (exact) mass is 428 g/mol. The van der Waals surface area contributed by atoms with Crippen LogP contribution < -0.4 is 10.9 Å². The number of H-pyrrole nitrogens is 2. The summed E-state index contributed by atoms with van der Waals surface area (Å²) >= 11 is 1.21. The zero-order valence-electron chi connectivity index (χ0n) is 16.8. The van der Waals surface area contributed by atoms with E-state index in [9.17, 15) is 14.0 Å². The second-order valence-electron chi connectivity index (χ2n) is 7.34. The van der Waals surface area contributed by atoms with Crippen LogP contribution in [0.25, 0.3) is 21.3 Å². The van der Waals surface area contributed by atoms with Crippen LogP contribution in [0.5, 0.6) is 0 Å². The molecule has 0 saturated carbocycles. The Bertz CT molecular complexity index is 1310. The molecule has 1 amide bonds.